The molecule has 0 aromatic carbocycles. The maximum Gasteiger partial charge on any atom is 0.318 e. The van der Waals surface area contributed by atoms with Crippen LogP contribution in [-0.4, -0.2) is 24.3 Å². The van der Waals surface area contributed by atoms with Crippen LogP contribution >= 0.6 is 0 Å². The fraction of sp³-hybridized carbons (Fsp3) is 0.500. The minimum Gasteiger partial charge on any atom is -0.390 e. The van der Waals surface area contributed by atoms with E-state index in [0.29, 0.717) is 6.01 Å². The zero-order valence-electron chi connectivity index (χ0n) is 5.33. The second-order valence-electron chi connectivity index (χ2n) is 1.82. The first-order valence-corrected chi connectivity index (χ1v) is 2.46. The lowest BCUT2D eigenvalue weighted by molar-refractivity contribution is 0.571. The van der Waals surface area contributed by atoms with Crippen molar-refractivity contribution in [1.29, 1.82) is 0 Å². The molecule has 0 atom stereocenters. The third-order valence-corrected chi connectivity index (χ3v) is 0.813. The molecule has 5 nitrogen and oxygen atoms in total. The fourth-order valence-corrected chi connectivity index (χ4v) is 0.407. The summed E-state index contributed by atoms with van der Waals surface area (Å²) in [5.74, 6) is 0. The second kappa shape index (κ2) is 1.93. The standard InChI is InChI=1S/C4H8N4O/c1-8(2)4-7-6-3(5)9-4/h1-2H3,(H2,5,6). The van der Waals surface area contributed by atoms with Crippen LogP contribution in [-0.2, 0) is 0 Å². The van der Waals surface area contributed by atoms with Gasteiger partial charge in [0.05, 0.1) is 0 Å². The van der Waals surface area contributed by atoms with Gasteiger partial charge in [-0.3, -0.25) is 0 Å². The zero-order valence-corrected chi connectivity index (χ0v) is 5.33. The minimum atomic E-state index is 0.0960. The molecule has 0 spiro atoms. The van der Waals surface area contributed by atoms with Crippen molar-refractivity contribution in [3.63, 3.8) is 0 Å². The maximum absolute atomic E-state index is 5.15. The first-order valence-electron chi connectivity index (χ1n) is 2.46. The van der Waals surface area contributed by atoms with Gasteiger partial charge in [0.15, 0.2) is 0 Å². The van der Waals surface area contributed by atoms with Crippen molar-refractivity contribution in [2.24, 2.45) is 0 Å². The molecule has 0 aliphatic heterocycles. The minimum absolute atomic E-state index is 0.0960. The van der Waals surface area contributed by atoms with E-state index in [2.05, 4.69) is 10.2 Å². The van der Waals surface area contributed by atoms with Gasteiger partial charge in [0, 0.05) is 14.1 Å². The van der Waals surface area contributed by atoms with Gasteiger partial charge in [0.25, 0.3) is 0 Å². The van der Waals surface area contributed by atoms with E-state index in [-0.39, 0.29) is 6.01 Å². The van der Waals surface area contributed by atoms with E-state index >= 15 is 0 Å². The van der Waals surface area contributed by atoms with E-state index < -0.39 is 0 Å². The number of anilines is 2. The van der Waals surface area contributed by atoms with E-state index in [9.17, 15) is 0 Å². The lowest BCUT2D eigenvalue weighted by Gasteiger charge is -2.01. The highest BCUT2D eigenvalue weighted by Gasteiger charge is 2.01. The highest BCUT2D eigenvalue weighted by atomic mass is 16.4. The molecule has 0 fully saturated rings. The Morgan fingerprint density at radius 2 is 2.11 bits per heavy atom. The molecule has 0 radical (unpaired) electrons. The molecular weight excluding hydrogens is 120 g/mol. The van der Waals surface area contributed by atoms with Crippen molar-refractivity contribution >= 4 is 12.0 Å². The summed E-state index contributed by atoms with van der Waals surface area (Å²) in [6.45, 7) is 0. The quantitative estimate of drug-likeness (QED) is 0.563. The van der Waals surface area contributed by atoms with Gasteiger partial charge in [-0.25, -0.2) is 0 Å². The van der Waals surface area contributed by atoms with Gasteiger partial charge in [0.1, 0.15) is 0 Å². The molecule has 1 aromatic rings. The van der Waals surface area contributed by atoms with E-state index in [1.54, 1.807) is 19.0 Å². The molecule has 2 N–H and O–H groups in total. The van der Waals surface area contributed by atoms with Crippen molar-refractivity contribution in [3.8, 4) is 0 Å². The summed E-state index contributed by atoms with van der Waals surface area (Å²) in [5.41, 5.74) is 5.15. The van der Waals surface area contributed by atoms with Crippen molar-refractivity contribution in [2.45, 2.75) is 0 Å². The van der Waals surface area contributed by atoms with Crippen molar-refractivity contribution in [1.82, 2.24) is 10.2 Å². The summed E-state index contributed by atoms with van der Waals surface area (Å²) in [4.78, 5) is 1.68. The molecule has 5 heteroatoms. The largest absolute Gasteiger partial charge is 0.390 e. The SMILES string of the molecule is CN(C)c1nnc(N)o1. The Bertz CT molecular complexity index is 194. The molecule has 1 heterocycles. The van der Waals surface area contributed by atoms with Crippen LogP contribution in [0.25, 0.3) is 0 Å². The van der Waals surface area contributed by atoms with E-state index in [4.69, 9.17) is 10.2 Å². The Morgan fingerprint density at radius 1 is 1.44 bits per heavy atom. The second-order valence-corrected chi connectivity index (χ2v) is 1.82. The number of hydrogen-bond acceptors (Lipinski definition) is 5. The van der Waals surface area contributed by atoms with Crippen molar-refractivity contribution in [3.05, 3.63) is 0 Å². The van der Waals surface area contributed by atoms with Gasteiger partial charge in [-0.1, -0.05) is 10.2 Å². The predicted octanol–water partition coefficient (Wildman–Crippen LogP) is -0.282. The summed E-state index contributed by atoms with van der Waals surface area (Å²) in [6, 6.07) is 0.520. The summed E-state index contributed by atoms with van der Waals surface area (Å²) >= 11 is 0. The Labute approximate surface area is 52.5 Å². The first-order chi connectivity index (χ1) is 4.20. The molecule has 1 aromatic heterocycles. The average molecular weight is 128 g/mol. The van der Waals surface area contributed by atoms with Crippen LogP contribution < -0.4 is 10.6 Å². The number of hydrogen-bond donors (Lipinski definition) is 1. The van der Waals surface area contributed by atoms with E-state index in [0.717, 1.165) is 0 Å². The van der Waals surface area contributed by atoms with Gasteiger partial charge in [-0.15, -0.1) is 0 Å². The topological polar surface area (TPSA) is 68.2 Å². The number of nitrogens with zero attached hydrogens (tertiary/aromatic N) is 3. The summed E-state index contributed by atoms with van der Waals surface area (Å²) in [6.07, 6.45) is 0. The summed E-state index contributed by atoms with van der Waals surface area (Å²) in [5, 5.41) is 7.06. The van der Waals surface area contributed by atoms with Crippen molar-refractivity contribution < 1.29 is 4.42 Å². The van der Waals surface area contributed by atoms with Crippen LogP contribution in [0.2, 0.25) is 0 Å². The maximum atomic E-state index is 5.15. The molecule has 0 saturated carbocycles. The first kappa shape index (κ1) is 5.87. The van der Waals surface area contributed by atoms with Crippen LogP contribution in [0.4, 0.5) is 12.0 Å². The Balaban J connectivity index is 2.85. The highest BCUT2D eigenvalue weighted by molar-refractivity contribution is 5.24. The molecule has 50 valence electrons. The summed E-state index contributed by atoms with van der Waals surface area (Å²) in [7, 11) is 3.60. The van der Waals surface area contributed by atoms with E-state index in [1.807, 2.05) is 0 Å². The molecule has 0 unspecified atom stereocenters. The molecule has 0 saturated heterocycles. The smallest absolute Gasteiger partial charge is 0.318 e. The number of nitrogens with two attached hydrogens (primary N) is 1. The average Bonchev–Trinajstić information content (AvgIpc) is 2.14. The van der Waals surface area contributed by atoms with Gasteiger partial charge in [-0.05, 0) is 0 Å². The van der Waals surface area contributed by atoms with Gasteiger partial charge in [0.2, 0.25) is 0 Å². The third-order valence-electron chi connectivity index (χ3n) is 0.813. The Kier molecular flexibility index (Phi) is 1.26. The van der Waals surface area contributed by atoms with Crippen LogP contribution in [0.1, 0.15) is 0 Å². The Morgan fingerprint density at radius 3 is 2.33 bits per heavy atom. The number of rotatable bonds is 1. The monoisotopic (exact) mass is 128 g/mol. The molecule has 0 amide bonds. The molecular formula is C4H8N4O. The molecule has 0 aliphatic rings. The van der Waals surface area contributed by atoms with Crippen LogP contribution in [0.15, 0.2) is 4.42 Å². The van der Waals surface area contributed by atoms with Crippen LogP contribution in [0.5, 0.6) is 0 Å². The lowest BCUT2D eigenvalue weighted by Crippen LogP contribution is -2.08. The van der Waals surface area contributed by atoms with E-state index in [1.165, 1.54) is 0 Å². The third kappa shape index (κ3) is 1.10. The number of aromatic nitrogens is 2. The zero-order chi connectivity index (χ0) is 6.85. The van der Waals surface area contributed by atoms with Gasteiger partial charge >= 0.3 is 12.0 Å². The molecule has 1 rings (SSSR count). The van der Waals surface area contributed by atoms with Crippen LogP contribution in [0.3, 0.4) is 0 Å². The van der Waals surface area contributed by atoms with Crippen LogP contribution in [0, 0.1) is 0 Å². The van der Waals surface area contributed by atoms with Gasteiger partial charge < -0.3 is 15.1 Å². The fourth-order valence-electron chi connectivity index (χ4n) is 0.407. The van der Waals surface area contributed by atoms with Gasteiger partial charge in [-0.2, -0.15) is 0 Å². The highest BCUT2D eigenvalue weighted by Crippen LogP contribution is 2.07. The summed E-state index contributed by atoms with van der Waals surface area (Å²) < 4.78 is 4.83. The molecule has 0 aliphatic carbocycles. The lowest BCUT2D eigenvalue weighted by atomic mass is 10.9. The normalized spacial score (nSPS) is 9.56. The predicted molar refractivity (Wildman–Crippen MR) is 33.0 cm³/mol. The number of nitrogen functional groups attached to an aromatic ring is 1. The van der Waals surface area contributed by atoms with Crippen molar-refractivity contribution in [2.75, 3.05) is 24.7 Å². The molecule has 9 heavy (non-hydrogen) atoms. The Hall–Kier alpha value is -1.26. The molecule has 0 bridgehead atoms.